The molecular formula is C12H11ClO2. The minimum atomic E-state index is 0.175. The topological polar surface area (TPSA) is 30.2 Å². The minimum absolute atomic E-state index is 0.175. The van der Waals surface area contributed by atoms with E-state index >= 15 is 0 Å². The number of Topliss-reactive ketones (excluding diaryl/α,β-unsaturated/α-hetero) is 1. The van der Waals surface area contributed by atoms with Gasteiger partial charge < -0.3 is 9.21 Å². The molecule has 0 saturated heterocycles. The zero-order valence-corrected chi connectivity index (χ0v) is 9.17. The number of carbonyl (C=O) groups is 1. The highest BCUT2D eigenvalue weighted by Crippen LogP contribution is 2.23. The van der Waals surface area contributed by atoms with Crippen molar-refractivity contribution in [3.05, 3.63) is 35.0 Å². The molecule has 15 heavy (non-hydrogen) atoms. The van der Waals surface area contributed by atoms with Gasteiger partial charge in [0.1, 0.15) is 17.1 Å². The average molecular weight is 223 g/mol. The van der Waals surface area contributed by atoms with Crippen LogP contribution in [0.1, 0.15) is 19.1 Å². The highest BCUT2D eigenvalue weighted by molar-refractivity contribution is 6.31. The highest BCUT2D eigenvalue weighted by atomic mass is 35.5. The zero-order valence-electron chi connectivity index (χ0n) is 8.42. The lowest BCUT2D eigenvalue weighted by Gasteiger charge is -1.91. The summed E-state index contributed by atoms with van der Waals surface area (Å²) in [5.41, 5.74) is 0.818. The molecule has 1 heterocycles. The monoisotopic (exact) mass is 222 g/mol. The second kappa shape index (κ2) is 4.07. The molecule has 2 aromatic rings. The van der Waals surface area contributed by atoms with Crippen LogP contribution in [0, 0.1) is 0 Å². The number of fused-ring (bicyclic) bond motifs is 1. The number of ketones is 1. The molecule has 78 valence electrons. The first kappa shape index (κ1) is 10.2. The van der Waals surface area contributed by atoms with Crippen LogP contribution in [0.5, 0.6) is 0 Å². The zero-order chi connectivity index (χ0) is 10.8. The fourth-order valence-corrected chi connectivity index (χ4v) is 1.67. The number of benzene rings is 1. The van der Waals surface area contributed by atoms with Gasteiger partial charge in [-0.1, -0.05) is 11.6 Å². The SMILES string of the molecule is CC(=O)CCc1cc2cc(Cl)ccc2o1. The molecule has 0 aliphatic heterocycles. The van der Waals surface area contributed by atoms with Crippen molar-refractivity contribution in [1.29, 1.82) is 0 Å². The molecule has 1 aromatic heterocycles. The Morgan fingerprint density at radius 1 is 1.40 bits per heavy atom. The summed E-state index contributed by atoms with van der Waals surface area (Å²) in [5, 5.41) is 1.68. The predicted molar refractivity (Wildman–Crippen MR) is 60.2 cm³/mol. The summed E-state index contributed by atoms with van der Waals surface area (Å²) >= 11 is 5.86. The van der Waals surface area contributed by atoms with Crippen LogP contribution in [0.4, 0.5) is 0 Å². The van der Waals surface area contributed by atoms with Crippen molar-refractivity contribution in [2.75, 3.05) is 0 Å². The summed E-state index contributed by atoms with van der Waals surface area (Å²) in [4.78, 5) is 10.8. The maximum absolute atomic E-state index is 10.8. The van der Waals surface area contributed by atoms with Crippen LogP contribution in [0.2, 0.25) is 5.02 Å². The van der Waals surface area contributed by atoms with Crippen LogP contribution >= 0.6 is 11.6 Å². The molecule has 0 aliphatic rings. The molecule has 2 nitrogen and oxygen atoms in total. The van der Waals surface area contributed by atoms with E-state index in [0.29, 0.717) is 17.9 Å². The van der Waals surface area contributed by atoms with E-state index in [1.54, 1.807) is 13.0 Å². The Balaban J connectivity index is 2.27. The van der Waals surface area contributed by atoms with Gasteiger partial charge in [0.05, 0.1) is 0 Å². The summed E-state index contributed by atoms with van der Waals surface area (Å²) in [6.45, 7) is 1.58. The van der Waals surface area contributed by atoms with E-state index < -0.39 is 0 Å². The Kier molecular flexibility index (Phi) is 2.78. The maximum atomic E-state index is 10.8. The number of hydrogen-bond acceptors (Lipinski definition) is 2. The number of rotatable bonds is 3. The van der Waals surface area contributed by atoms with Crippen molar-refractivity contribution in [2.45, 2.75) is 19.8 Å². The van der Waals surface area contributed by atoms with Crippen molar-refractivity contribution in [2.24, 2.45) is 0 Å². The first-order valence-corrected chi connectivity index (χ1v) is 5.20. The summed E-state index contributed by atoms with van der Waals surface area (Å²) in [5.74, 6) is 1.01. The molecule has 0 spiro atoms. The van der Waals surface area contributed by atoms with Gasteiger partial charge >= 0.3 is 0 Å². The fraction of sp³-hybridized carbons (Fsp3) is 0.250. The molecule has 0 aliphatic carbocycles. The Bertz CT molecular complexity index is 499. The average Bonchev–Trinajstić information content (AvgIpc) is 2.56. The van der Waals surface area contributed by atoms with E-state index in [9.17, 15) is 4.79 Å². The number of aryl methyl sites for hydroxylation is 1. The lowest BCUT2D eigenvalue weighted by atomic mass is 10.2. The summed E-state index contributed by atoms with van der Waals surface area (Å²) in [6, 6.07) is 7.43. The van der Waals surface area contributed by atoms with Gasteiger partial charge in [-0.25, -0.2) is 0 Å². The van der Waals surface area contributed by atoms with E-state index in [0.717, 1.165) is 16.7 Å². The summed E-state index contributed by atoms with van der Waals surface area (Å²) in [7, 11) is 0. The largest absolute Gasteiger partial charge is 0.461 e. The number of halogens is 1. The molecule has 0 N–H and O–H groups in total. The molecule has 0 saturated carbocycles. The first-order valence-electron chi connectivity index (χ1n) is 4.82. The fourth-order valence-electron chi connectivity index (χ4n) is 1.49. The Labute approximate surface area is 92.8 Å². The first-order chi connectivity index (χ1) is 7.15. The van der Waals surface area contributed by atoms with Gasteiger partial charge in [0.25, 0.3) is 0 Å². The molecule has 0 unspecified atom stereocenters. The molecule has 2 rings (SSSR count). The highest BCUT2D eigenvalue weighted by Gasteiger charge is 2.05. The Hall–Kier alpha value is -1.28. The van der Waals surface area contributed by atoms with Crippen LogP contribution in [-0.4, -0.2) is 5.78 Å². The van der Waals surface area contributed by atoms with Gasteiger partial charge in [0.2, 0.25) is 0 Å². The summed E-state index contributed by atoms with van der Waals surface area (Å²) in [6.07, 6.45) is 1.18. The number of hydrogen-bond donors (Lipinski definition) is 0. The third kappa shape index (κ3) is 2.39. The van der Waals surface area contributed by atoms with Crippen molar-refractivity contribution < 1.29 is 9.21 Å². The minimum Gasteiger partial charge on any atom is -0.461 e. The number of furan rings is 1. The van der Waals surface area contributed by atoms with Crippen LogP contribution in [0.25, 0.3) is 11.0 Å². The molecular weight excluding hydrogens is 212 g/mol. The van der Waals surface area contributed by atoms with Crippen molar-refractivity contribution >= 4 is 28.4 Å². The van der Waals surface area contributed by atoms with Crippen molar-refractivity contribution in [3.8, 4) is 0 Å². The molecule has 0 fully saturated rings. The van der Waals surface area contributed by atoms with Crippen molar-refractivity contribution in [3.63, 3.8) is 0 Å². The van der Waals surface area contributed by atoms with Crippen LogP contribution in [0.3, 0.4) is 0 Å². The standard InChI is InChI=1S/C12H11ClO2/c1-8(14)2-4-11-7-9-6-10(13)3-5-12(9)15-11/h3,5-7H,2,4H2,1H3. The second-order valence-corrected chi connectivity index (χ2v) is 4.03. The van der Waals surface area contributed by atoms with Gasteiger partial charge in [-0.05, 0) is 31.2 Å². The second-order valence-electron chi connectivity index (χ2n) is 3.60. The van der Waals surface area contributed by atoms with Crippen LogP contribution in [-0.2, 0) is 11.2 Å². The molecule has 0 atom stereocenters. The van der Waals surface area contributed by atoms with E-state index in [2.05, 4.69) is 0 Å². The number of carbonyl (C=O) groups excluding carboxylic acids is 1. The molecule has 3 heteroatoms. The van der Waals surface area contributed by atoms with Crippen LogP contribution in [0.15, 0.2) is 28.7 Å². The molecule has 0 radical (unpaired) electrons. The van der Waals surface area contributed by atoms with Gasteiger partial charge in [-0.3, -0.25) is 0 Å². The summed E-state index contributed by atoms with van der Waals surface area (Å²) < 4.78 is 5.56. The maximum Gasteiger partial charge on any atom is 0.134 e. The van der Waals surface area contributed by atoms with E-state index in [4.69, 9.17) is 16.0 Å². The third-order valence-corrected chi connectivity index (χ3v) is 2.49. The van der Waals surface area contributed by atoms with E-state index in [1.807, 2.05) is 18.2 Å². The third-order valence-electron chi connectivity index (χ3n) is 2.25. The van der Waals surface area contributed by atoms with Gasteiger partial charge in [-0.15, -0.1) is 0 Å². The van der Waals surface area contributed by atoms with Gasteiger partial charge in [0.15, 0.2) is 0 Å². The predicted octanol–water partition coefficient (Wildman–Crippen LogP) is 3.61. The van der Waals surface area contributed by atoms with E-state index in [-0.39, 0.29) is 5.78 Å². The van der Waals surface area contributed by atoms with Crippen LogP contribution < -0.4 is 0 Å². The lowest BCUT2D eigenvalue weighted by molar-refractivity contribution is -0.117. The lowest BCUT2D eigenvalue weighted by Crippen LogP contribution is -1.91. The smallest absolute Gasteiger partial charge is 0.134 e. The van der Waals surface area contributed by atoms with Crippen molar-refractivity contribution in [1.82, 2.24) is 0 Å². The van der Waals surface area contributed by atoms with Gasteiger partial charge in [0, 0.05) is 23.3 Å². The molecule has 1 aromatic carbocycles. The Morgan fingerprint density at radius 3 is 2.93 bits per heavy atom. The quantitative estimate of drug-likeness (QED) is 0.794. The van der Waals surface area contributed by atoms with Gasteiger partial charge in [-0.2, -0.15) is 0 Å². The Morgan fingerprint density at radius 2 is 2.20 bits per heavy atom. The molecule has 0 bridgehead atoms. The normalized spacial score (nSPS) is 10.8. The molecule has 0 amide bonds. The van der Waals surface area contributed by atoms with E-state index in [1.165, 1.54) is 0 Å².